The monoisotopic (exact) mass is 361 g/mol. The fraction of sp³-hybridized carbons (Fsp3) is 0.318. The maximum atomic E-state index is 13.0. The van der Waals surface area contributed by atoms with Gasteiger partial charge in [0.25, 0.3) is 5.91 Å². The number of nitrogens with zero attached hydrogens (tertiary/aromatic N) is 3. The first kappa shape index (κ1) is 17.5. The van der Waals surface area contributed by atoms with Gasteiger partial charge in [0, 0.05) is 17.7 Å². The number of rotatable bonds is 4. The second-order valence-corrected chi connectivity index (χ2v) is 7.26. The minimum absolute atomic E-state index is 0.0206. The van der Waals surface area contributed by atoms with E-state index in [2.05, 4.69) is 24.0 Å². The molecule has 0 radical (unpaired) electrons. The Morgan fingerprint density at radius 2 is 1.85 bits per heavy atom. The van der Waals surface area contributed by atoms with Crippen molar-refractivity contribution in [3.05, 3.63) is 71.6 Å². The zero-order valence-corrected chi connectivity index (χ0v) is 15.6. The minimum Gasteiger partial charge on any atom is -0.337 e. The third-order valence-electron chi connectivity index (χ3n) is 5.10. The highest BCUT2D eigenvalue weighted by atomic mass is 16.5. The molecule has 0 N–H and O–H groups in total. The number of carbonyl (C=O) groups excluding carboxylic acids is 1. The molecule has 4 rings (SSSR count). The van der Waals surface area contributed by atoms with Gasteiger partial charge in [0.1, 0.15) is 6.04 Å². The van der Waals surface area contributed by atoms with Gasteiger partial charge in [0.05, 0.1) is 0 Å². The van der Waals surface area contributed by atoms with E-state index in [0.29, 0.717) is 29.7 Å². The van der Waals surface area contributed by atoms with Crippen molar-refractivity contribution >= 4 is 5.91 Å². The number of amides is 1. The lowest BCUT2D eigenvalue weighted by atomic mass is 10.0. The topological polar surface area (TPSA) is 59.2 Å². The van der Waals surface area contributed by atoms with Crippen molar-refractivity contribution in [2.75, 3.05) is 6.54 Å². The predicted octanol–water partition coefficient (Wildman–Crippen LogP) is 4.84. The van der Waals surface area contributed by atoms with Gasteiger partial charge in [0.15, 0.2) is 0 Å². The summed E-state index contributed by atoms with van der Waals surface area (Å²) in [5.74, 6) is 1.54. The molecule has 2 aromatic carbocycles. The van der Waals surface area contributed by atoms with Crippen LogP contribution in [0.1, 0.15) is 60.5 Å². The molecule has 1 aromatic heterocycles. The van der Waals surface area contributed by atoms with Gasteiger partial charge in [-0.05, 0) is 36.5 Å². The van der Waals surface area contributed by atoms with E-state index in [4.69, 9.17) is 4.52 Å². The van der Waals surface area contributed by atoms with Gasteiger partial charge in [-0.15, -0.1) is 0 Å². The molecular formula is C22H23N3O2. The van der Waals surface area contributed by atoms with Gasteiger partial charge < -0.3 is 9.42 Å². The van der Waals surface area contributed by atoms with Crippen LogP contribution in [0.3, 0.4) is 0 Å². The van der Waals surface area contributed by atoms with Crippen molar-refractivity contribution in [3.8, 4) is 11.4 Å². The van der Waals surface area contributed by atoms with Crippen LogP contribution in [-0.2, 0) is 0 Å². The smallest absolute Gasteiger partial charge is 0.254 e. The second-order valence-electron chi connectivity index (χ2n) is 7.26. The summed E-state index contributed by atoms with van der Waals surface area (Å²) in [6.45, 7) is 5.00. The number of hydrogen-bond donors (Lipinski definition) is 0. The van der Waals surface area contributed by atoms with E-state index in [-0.39, 0.29) is 11.9 Å². The molecule has 0 bridgehead atoms. The number of hydrogen-bond acceptors (Lipinski definition) is 4. The van der Waals surface area contributed by atoms with E-state index in [1.807, 2.05) is 59.5 Å². The molecule has 1 amide bonds. The van der Waals surface area contributed by atoms with E-state index >= 15 is 0 Å². The number of aromatic nitrogens is 2. The number of benzene rings is 2. The van der Waals surface area contributed by atoms with Crippen molar-refractivity contribution < 1.29 is 9.32 Å². The number of carbonyl (C=O) groups is 1. The lowest BCUT2D eigenvalue weighted by molar-refractivity contribution is 0.0710. The van der Waals surface area contributed by atoms with Gasteiger partial charge in [-0.2, -0.15) is 4.98 Å². The van der Waals surface area contributed by atoms with Crippen LogP contribution in [0.4, 0.5) is 0 Å². The van der Waals surface area contributed by atoms with E-state index in [1.54, 1.807) is 0 Å². The molecule has 0 saturated carbocycles. The molecular weight excluding hydrogens is 338 g/mol. The maximum Gasteiger partial charge on any atom is 0.254 e. The molecule has 27 heavy (non-hydrogen) atoms. The van der Waals surface area contributed by atoms with Crippen molar-refractivity contribution in [3.63, 3.8) is 0 Å². The Labute approximate surface area is 159 Å². The van der Waals surface area contributed by atoms with Crippen LogP contribution in [0.25, 0.3) is 11.4 Å². The summed E-state index contributed by atoms with van der Waals surface area (Å²) in [4.78, 5) is 19.4. The molecule has 1 atom stereocenters. The molecule has 1 aliphatic heterocycles. The van der Waals surface area contributed by atoms with Crippen molar-refractivity contribution in [1.82, 2.24) is 15.0 Å². The van der Waals surface area contributed by atoms with E-state index < -0.39 is 0 Å². The van der Waals surface area contributed by atoms with Gasteiger partial charge in [-0.3, -0.25) is 4.79 Å². The molecule has 1 unspecified atom stereocenters. The fourth-order valence-corrected chi connectivity index (χ4v) is 3.52. The molecule has 2 heterocycles. The Morgan fingerprint density at radius 3 is 2.56 bits per heavy atom. The molecule has 5 heteroatoms. The Hall–Kier alpha value is -2.95. The van der Waals surface area contributed by atoms with Gasteiger partial charge >= 0.3 is 0 Å². The molecule has 138 valence electrons. The van der Waals surface area contributed by atoms with Crippen LogP contribution in [-0.4, -0.2) is 27.5 Å². The minimum atomic E-state index is -0.160. The van der Waals surface area contributed by atoms with Gasteiger partial charge in [-0.25, -0.2) is 0 Å². The Morgan fingerprint density at radius 1 is 1.11 bits per heavy atom. The van der Waals surface area contributed by atoms with Crippen molar-refractivity contribution in [2.24, 2.45) is 0 Å². The van der Waals surface area contributed by atoms with Crippen LogP contribution in [0.15, 0.2) is 59.1 Å². The largest absolute Gasteiger partial charge is 0.337 e. The van der Waals surface area contributed by atoms with E-state index in [9.17, 15) is 4.79 Å². The quantitative estimate of drug-likeness (QED) is 0.667. The zero-order valence-electron chi connectivity index (χ0n) is 15.6. The normalized spacial score (nSPS) is 16.9. The second kappa shape index (κ2) is 7.35. The lowest BCUT2D eigenvalue weighted by Crippen LogP contribution is -2.30. The first-order valence-electron chi connectivity index (χ1n) is 9.43. The van der Waals surface area contributed by atoms with Crippen molar-refractivity contribution in [1.29, 1.82) is 0 Å². The highest BCUT2D eigenvalue weighted by Crippen LogP contribution is 2.33. The molecule has 1 fully saturated rings. The van der Waals surface area contributed by atoms with Crippen molar-refractivity contribution in [2.45, 2.75) is 38.6 Å². The highest BCUT2D eigenvalue weighted by Gasteiger charge is 2.34. The molecule has 1 saturated heterocycles. The van der Waals surface area contributed by atoms with Crippen LogP contribution in [0.2, 0.25) is 0 Å². The summed E-state index contributed by atoms with van der Waals surface area (Å²) >= 11 is 0. The molecule has 3 aromatic rings. The maximum absolute atomic E-state index is 13.0. The Balaban J connectivity index is 1.55. The van der Waals surface area contributed by atoms with Gasteiger partial charge in [-0.1, -0.05) is 61.5 Å². The van der Waals surface area contributed by atoms with Crippen LogP contribution in [0, 0.1) is 0 Å². The van der Waals surface area contributed by atoms with E-state index in [0.717, 1.165) is 18.4 Å². The third-order valence-corrected chi connectivity index (χ3v) is 5.10. The fourth-order valence-electron chi connectivity index (χ4n) is 3.52. The number of likely N-dealkylation sites (tertiary alicyclic amines) is 1. The Kier molecular flexibility index (Phi) is 4.75. The summed E-state index contributed by atoms with van der Waals surface area (Å²) < 4.78 is 5.51. The first-order chi connectivity index (χ1) is 13.1. The Bertz CT molecular complexity index is 916. The summed E-state index contributed by atoms with van der Waals surface area (Å²) in [5.41, 5.74) is 2.84. The summed E-state index contributed by atoms with van der Waals surface area (Å²) in [7, 11) is 0. The third kappa shape index (κ3) is 3.50. The zero-order chi connectivity index (χ0) is 18.8. The summed E-state index contributed by atoms with van der Waals surface area (Å²) in [6, 6.07) is 17.5. The average molecular weight is 361 g/mol. The molecule has 1 aliphatic rings. The van der Waals surface area contributed by atoms with Gasteiger partial charge in [0.2, 0.25) is 11.7 Å². The average Bonchev–Trinajstić information content (AvgIpc) is 3.37. The van der Waals surface area contributed by atoms with Crippen LogP contribution >= 0.6 is 0 Å². The summed E-state index contributed by atoms with van der Waals surface area (Å²) in [5, 5.41) is 4.10. The van der Waals surface area contributed by atoms with Crippen LogP contribution in [0.5, 0.6) is 0 Å². The lowest BCUT2D eigenvalue weighted by Gasteiger charge is -2.22. The standard InChI is InChI=1S/C22H23N3O2/c1-15(2)16-10-12-18(13-11-16)22(26)25-14-6-9-19(25)21-23-20(24-27-21)17-7-4-3-5-8-17/h3-5,7-8,10-13,15,19H,6,9,14H2,1-2H3. The molecule has 5 nitrogen and oxygen atoms in total. The molecule has 0 aliphatic carbocycles. The predicted molar refractivity (Wildman–Crippen MR) is 103 cm³/mol. The highest BCUT2D eigenvalue weighted by molar-refractivity contribution is 5.94. The van der Waals surface area contributed by atoms with E-state index in [1.165, 1.54) is 5.56 Å². The summed E-state index contributed by atoms with van der Waals surface area (Å²) in [6.07, 6.45) is 1.77. The first-order valence-corrected chi connectivity index (χ1v) is 9.43. The van der Waals surface area contributed by atoms with Crippen LogP contribution < -0.4 is 0 Å². The SMILES string of the molecule is CC(C)c1ccc(C(=O)N2CCCC2c2nc(-c3ccccc3)no2)cc1. The molecule has 0 spiro atoms.